The fraction of sp³-hybridized carbons (Fsp3) is 0.667. The molecule has 1 aliphatic rings. The Hall–Kier alpha value is -1.43. The van der Waals surface area contributed by atoms with Gasteiger partial charge in [-0.05, 0) is 19.3 Å². The first-order valence-electron chi connectivity index (χ1n) is 6.57. The summed E-state index contributed by atoms with van der Waals surface area (Å²) in [7, 11) is -0.222. The van der Waals surface area contributed by atoms with Crippen molar-refractivity contribution in [2.75, 3.05) is 13.6 Å². The van der Waals surface area contributed by atoms with Gasteiger partial charge in [0.1, 0.15) is 0 Å². The first-order valence-corrected chi connectivity index (χ1v) is 8.01. The minimum Gasteiger partial charge on any atom is -0.272 e. The van der Waals surface area contributed by atoms with Gasteiger partial charge in [-0.25, -0.2) is 0 Å². The zero-order valence-electron chi connectivity index (χ0n) is 11.7. The van der Waals surface area contributed by atoms with E-state index in [1.165, 1.54) is 11.4 Å². The summed E-state index contributed by atoms with van der Waals surface area (Å²) in [4.78, 5) is 0. The van der Waals surface area contributed by atoms with Gasteiger partial charge < -0.3 is 0 Å². The fourth-order valence-electron chi connectivity index (χ4n) is 2.43. The van der Waals surface area contributed by atoms with Gasteiger partial charge in [-0.15, -0.1) is 0 Å². The third kappa shape index (κ3) is 3.00. The SMILES string of the molecule is CN(CCC#N)S(=O)(=O)NC1CCCc2c1cnn2C. The lowest BCUT2D eigenvalue weighted by Gasteiger charge is -2.26. The molecule has 1 aromatic rings. The highest BCUT2D eigenvalue weighted by molar-refractivity contribution is 7.87. The zero-order valence-corrected chi connectivity index (χ0v) is 12.5. The lowest BCUT2D eigenvalue weighted by atomic mass is 9.94. The van der Waals surface area contributed by atoms with Crippen molar-refractivity contribution in [1.29, 1.82) is 5.26 Å². The van der Waals surface area contributed by atoms with E-state index in [0.29, 0.717) is 0 Å². The maximum absolute atomic E-state index is 12.2. The van der Waals surface area contributed by atoms with Crippen molar-refractivity contribution in [2.24, 2.45) is 7.05 Å². The van der Waals surface area contributed by atoms with Crippen LogP contribution in [-0.4, -0.2) is 36.1 Å². The van der Waals surface area contributed by atoms with Crippen molar-refractivity contribution in [3.05, 3.63) is 17.5 Å². The first-order chi connectivity index (χ1) is 9.45. The Morgan fingerprint density at radius 2 is 2.40 bits per heavy atom. The van der Waals surface area contributed by atoms with Crippen LogP contribution in [0.1, 0.15) is 36.6 Å². The average Bonchev–Trinajstić information content (AvgIpc) is 2.79. The van der Waals surface area contributed by atoms with Crippen LogP contribution in [0.5, 0.6) is 0 Å². The van der Waals surface area contributed by atoms with Gasteiger partial charge in [0.25, 0.3) is 10.2 Å². The van der Waals surface area contributed by atoms with Crippen LogP contribution in [0.25, 0.3) is 0 Å². The van der Waals surface area contributed by atoms with E-state index in [1.807, 2.05) is 13.1 Å². The van der Waals surface area contributed by atoms with Crippen LogP contribution in [0, 0.1) is 11.3 Å². The number of aryl methyl sites for hydroxylation is 1. The second-order valence-electron chi connectivity index (χ2n) is 4.97. The molecule has 0 aliphatic heterocycles. The van der Waals surface area contributed by atoms with E-state index in [0.717, 1.165) is 30.5 Å². The summed E-state index contributed by atoms with van der Waals surface area (Å²) in [5.74, 6) is 0. The van der Waals surface area contributed by atoms with Gasteiger partial charge >= 0.3 is 0 Å². The largest absolute Gasteiger partial charge is 0.279 e. The molecule has 1 atom stereocenters. The summed E-state index contributed by atoms with van der Waals surface area (Å²) in [5, 5.41) is 12.7. The van der Waals surface area contributed by atoms with Crippen molar-refractivity contribution < 1.29 is 8.42 Å². The Balaban J connectivity index is 2.13. The van der Waals surface area contributed by atoms with Crippen molar-refractivity contribution in [3.63, 3.8) is 0 Å². The quantitative estimate of drug-likeness (QED) is 0.855. The average molecular weight is 297 g/mol. The molecule has 0 saturated carbocycles. The van der Waals surface area contributed by atoms with E-state index in [1.54, 1.807) is 10.9 Å². The predicted molar refractivity (Wildman–Crippen MR) is 73.8 cm³/mol. The van der Waals surface area contributed by atoms with Gasteiger partial charge in [-0.1, -0.05) is 0 Å². The van der Waals surface area contributed by atoms with E-state index in [9.17, 15) is 8.42 Å². The van der Waals surface area contributed by atoms with E-state index in [-0.39, 0.29) is 19.0 Å². The molecular formula is C12H19N5O2S. The minimum atomic E-state index is -3.57. The van der Waals surface area contributed by atoms with Crippen molar-refractivity contribution in [1.82, 2.24) is 18.8 Å². The molecule has 1 N–H and O–H groups in total. The Kier molecular flexibility index (Phi) is 4.42. The standard InChI is InChI=1S/C12H19N5O2S/c1-16(8-4-7-13)20(18,19)15-11-5-3-6-12-10(11)9-14-17(12)2/h9,11,15H,3-6,8H2,1-2H3. The van der Waals surface area contributed by atoms with Crippen LogP contribution in [0.3, 0.4) is 0 Å². The smallest absolute Gasteiger partial charge is 0.272 e. The third-order valence-electron chi connectivity index (χ3n) is 3.62. The van der Waals surface area contributed by atoms with E-state index in [2.05, 4.69) is 9.82 Å². The van der Waals surface area contributed by atoms with Crippen molar-refractivity contribution in [2.45, 2.75) is 31.7 Å². The summed E-state index contributed by atoms with van der Waals surface area (Å²) < 4.78 is 30.1. The molecule has 1 aliphatic carbocycles. The molecular weight excluding hydrogens is 278 g/mol. The lowest BCUT2D eigenvalue weighted by Crippen LogP contribution is -2.41. The number of aromatic nitrogens is 2. The number of hydrogen-bond donors (Lipinski definition) is 1. The number of rotatable bonds is 5. The Morgan fingerprint density at radius 1 is 1.65 bits per heavy atom. The van der Waals surface area contributed by atoms with Gasteiger partial charge in [0, 0.05) is 38.3 Å². The van der Waals surface area contributed by atoms with Crippen molar-refractivity contribution >= 4 is 10.2 Å². The highest BCUT2D eigenvalue weighted by Crippen LogP contribution is 2.29. The van der Waals surface area contributed by atoms with E-state index >= 15 is 0 Å². The molecule has 0 saturated heterocycles. The molecule has 2 rings (SSSR count). The Bertz CT molecular complexity index is 616. The molecule has 0 amide bonds. The van der Waals surface area contributed by atoms with Gasteiger partial charge in [-0.2, -0.15) is 27.8 Å². The van der Waals surface area contributed by atoms with Crippen LogP contribution >= 0.6 is 0 Å². The Labute approximate surface area is 119 Å². The zero-order chi connectivity index (χ0) is 14.8. The summed E-state index contributed by atoms with van der Waals surface area (Å²) in [6.07, 6.45) is 4.54. The number of hydrogen-bond acceptors (Lipinski definition) is 4. The van der Waals surface area contributed by atoms with E-state index < -0.39 is 10.2 Å². The number of nitriles is 1. The number of nitrogens with zero attached hydrogens (tertiary/aromatic N) is 4. The highest BCUT2D eigenvalue weighted by atomic mass is 32.2. The predicted octanol–water partition coefficient (Wildman–Crippen LogP) is 0.477. The lowest BCUT2D eigenvalue weighted by molar-refractivity contribution is 0.437. The molecule has 0 aromatic carbocycles. The monoisotopic (exact) mass is 297 g/mol. The Morgan fingerprint density at radius 3 is 3.10 bits per heavy atom. The second kappa shape index (κ2) is 5.91. The molecule has 0 fully saturated rings. The second-order valence-corrected chi connectivity index (χ2v) is 6.78. The van der Waals surface area contributed by atoms with E-state index in [4.69, 9.17) is 5.26 Å². The molecule has 1 unspecified atom stereocenters. The minimum absolute atomic E-state index is 0.181. The molecule has 0 radical (unpaired) electrons. The van der Waals surface area contributed by atoms with Crippen LogP contribution < -0.4 is 4.72 Å². The molecule has 20 heavy (non-hydrogen) atoms. The molecule has 7 nitrogen and oxygen atoms in total. The van der Waals surface area contributed by atoms with Gasteiger partial charge in [0.15, 0.2) is 0 Å². The molecule has 0 bridgehead atoms. The van der Waals surface area contributed by atoms with Gasteiger partial charge in [-0.3, -0.25) is 4.68 Å². The molecule has 110 valence electrons. The first kappa shape index (κ1) is 15.0. The molecule has 8 heteroatoms. The summed E-state index contributed by atoms with van der Waals surface area (Å²) in [6.45, 7) is 0.193. The fourth-order valence-corrected chi connectivity index (χ4v) is 3.54. The van der Waals surface area contributed by atoms with Crippen LogP contribution in [0.4, 0.5) is 0 Å². The maximum atomic E-state index is 12.2. The third-order valence-corrected chi connectivity index (χ3v) is 5.20. The number of fused-ring (bicyclic) bond motifs is 1. The molecule has 1 heterocycles. The summed E-state index contributed by atoms with van der Waals surface area (Å²) in [5.41, 5.74) is 2.04. The summed E-state index contributed by atoms with van der Waals surface area (Å²) in [6, 6.07) is 1.71. The van der Waals surface area contributed by atoms with Crippen LogP contribution in [0.15, 0.2) is 6.20 Å². The number of nitrogens with one attached hydrogen (secondary N) is 1. The summed E-state index contributed by atoms with van der Waals surface area (Å²) >= 11 is 0. The molecule has 0 spiro atoms. The topological polar surface area (TPSA) is 91.0 Å². The maximum Gasteiger partial charge on any atom is 0.279 e. The molecule has 1 aromatic heterocycles. The highest BCUT2D eigenvalue weighted by Gasteiger charge is 2.28. The van der Waals surface area contributed by atoms with Gasteiger partial charge in [0.05, 0.1) is 18.3 Å². The van der Waals surface area contributed by atoms with Gasteiger partial charge in [0.2, 0.25) is 0 Å². The van der Waals surface area contributed by atoms with Crippen LogP contribution in [-0.2, 0) is 23.7 Å². The normalized spacial score (nSPS) is 18.8. The van der Waals surface area contributed by atoms with Crippen LogP contribution in [0.2, 0.25) is 0 Å². The van der Waals surface area contributed by atoms with Crippen molar-refractivity contribution in [3.8, 4) is 6.07 Å².